The Morgan fingerprint density at radius 2 is 0.947 bits per heavy atom. The Balaban J connectivity index is 0.000000218. The molecule has 57 heavy (non-hydrogen) atoms. The maximum absolute atomic E-state index is 12.7. The molecule has 0 amide bonds. The Hall–Kier alpha value is -6.44. The van der Waals surface area contributed by atoms with Crippen LogP contribution in [0.25, 0.3) is 0 Å². The molecule has 0 atom stereocenters. The number of para-hydroxylation sites is 2. The quantitative estimate of drug-likeness (QED) is 0.0753. The van der Waals surface area contributed by atoms with Crippen molar-refractivity contribution in [2.24, 2.45) is 0 Å². The van der Waals surface area contributed by atoms with E-state index in [1.165, 1.54) is 19.2 Å². The van der Waals surface area contributed by atoms with Gasteiger partial charge >= 0.3 is 11.9 Å². The molecule has 0 aliphatic carbocycles. The van der Waals surface area contributed by atoms with Gasteiger partial charge in [0.1, 0.15) is 5.75 Å². The minimum atomic E-state index is -3.73. The standard InChI is InChI=1S/C22H21NO5S.C22H21NO4S/c1-28-19-12-14-20(15-13-19)29(26,27)23-21-5-3-2-4-17(21)9-6-16-7-10-18(11-8-16)22(24)25;24-22(25)20-14-11-17(12-15-20)10-13-19-8-4-5-9-21(19)23-28(26,27)16-18-6-2-1-3-7-18/h2-5,7-8,10-15,23H,6,9H2,1H3,(H,24,25);1-9,11-12,14-15,23H,10,13,16H2,(H,24,25). The lowest BCUT2D eigenvalue weighted by molar-refractivity contribution is 0.0686. The summed E-state index contributed by atoms with van der Waals surface area (Å²) in [6.07, 6.45) is 2.57. The number of hydrogen-bond acceptors (Lipinski definition) is 7. The smallest absolute Gasteiger partial charge is 0.335 e. The van der Waals surface area contributed by atoms with E-state index >= 15 is 0 Å². The summed E-state index contributed by atoms with van der Waals surface area (Å²) in [5.74, 6) is -1.42. The number of ether oxygens (including phenoxy) is 1. The van der Waals surface area contributed by atoms with Crippen molar-refractivity contribution < 1.29 is 41.4 Å². The highest BCUT2D eigenvalue weighted by Gasteiger charge is 2.17. The molecule has 4 N–H and O–H groups in total. The normalized spacial score (nSPS) is 11.1. The van der Waals surface area contributed by atoms with Crippen LogP contribution in [0.3, 0.4) is 0 Å². The summed E-state index contributed by atoms with van der Waals surface area (Å²) >= 11 is 0. The summed E-state index contributed by atoms with van der Waals surface area (Å²) in [6, 6.07) is 43.2. The largest absolute Gasteiger partial charge is 0.497 e. The van der Waals surface area contributed by atoms with E-state index in [0.717, 1.165) is 27.8 Å². The van der Waals surface area contributed by atoms with Crippen molar-refractivity contribution in [3.63, 3.8) is 0 Å². The molecule has 0 unspecified atom stereocenters. The number of nitrogens with one attached hydrogen (secondary N) is 2. The first-order chi connectivity index (χ1) is 27.3. The van der Waals surface area contributed by atoms with Gasteiger partial charge in [0.2, 0.25) is 10.0 Å². The Kier molecular flexibility index (Phi) is 14.2. The highest BCUT2D eigenvalue weighted by molar-refractivity contribution is 7.92. The van der Waals surface area contributed by atoms with Crippen LogP contribution in [0.15, 0.2) is 157 Å². The van der Waals surface area contributed by atoms with Crippen LogP contribution < -0.4 is 14.2 Å². The van der Waals surface area contributed by atoms with Gasteiger partial charge in [0, 0.05) is 0 Å². The molecule has 0 aliphatic heterocycles. The molecular weight excluding hydrogens is 765 g/mol. The lowest BCUT2D eigenvalue weighted by Crippen LogP contribution is -2.16. The van der Waals surface area contributed by atoms with Gasteiger partial charge in [0.05, 0.1) is 40.3 Å². The molecular formula is C44H42N2O9S2. The minimum Gasteiger partial charge on any atom is -0.497 e. The number of carboxylic acid groups (broad SMARTS) is 2. The van der Waals surface area contributed by atoms with Crippen molar-refractivity contribution >= 4 is 43.4 Å². The van der Waals surface area contributed by atoms with Crippen molar-refractivity contribution in [1.82, 2.24) is 0 Å². The summed E-state index contributed by atoms with van der Waals surface area (Å²) in [5, 5.41) is 17.9. The van der Waals surface area contributed by atoms with E-state index in [1.807, 2.05) is 42.5 Å². The fourth-order valence-corrected chi connectivity index (χ4v) is 8.16. The van der Waals surface area contributed by atoms with Gasteiger partial charge in [-0.05, 0) is 114 Å². The number of carbonyl (C=O) groups is 2. The van der Waals surface area contributed by atoms with E-state index in [-0.39, 0.29) is 21.8 Å². The number of anilines is 2. The number of rotatable bonds is 16. The monoisotopic (exact) mass is 806 g/mol. The molecule has 13 heteroatoms. The van der Waals surface area contributed by atoms with E-state index in [2.05, 4.69) is 9.44 Å². The summed E-state index contributed by atoms with van der Waals surface area (Å²) in [6.45, 7) is 0. The maximum Gasteiger partial charge on any atom is 0.335 e. The predicted molar refractivity (Wildman–Crippen MR) is 221 cm³/mol. The molecule has 0 aromatic heterocycles. The van der Waals surface area contributed by atoms with E-state index in [9.17, 15) is 26.4 Å². The Labute approximate surface area is 332 Å². The van der Waals surface area contributed by atoms with Crippen LogP contribution in [0, 0.1) is 0 Å². The Morgan fingerprint density at radius 3 is 1.40 bits per heavy atom. The third-order valence-electron chi connectivity index (χ3n) is 8.88. The molecule has 11 nitrogen and oxygen atoms in total. The zero-order chi connectivity index (χ0) is 40.8. The molecule has 0 fully saturated rings. The van der Waals surface area contributed by atoms with Crippen molar-refractivity contribution in [2.75, 3.05) is 16.6 Å². The molecule has 294 valence electrons. The second kappa shape index (κ2) is 19.4. The Bertz CT molecular complexity index is 2490. The molecule has 6 aromatic carbocycles. The third kappa shape index (κ3) is 12.5. The first kappa shape index (κ1) is 41.7. The molecule has 6 rings (SSSR count). The second-order valence-electron chi connectivity index (χ2n) is 12.9. The summed E-state index contributed by atoms with van der Waals surface area (Å²) < 4.78 is 60.9. The minimum absolute atomic E-state index is 0.0845. The van der Waals surface area contributed by atoms with Crippen molar-refractivity contribution in [1.29, 1.82) is 0 Å². The van der Waals surface area contributed by atoms with Gasteiger partial charge in [-0.1, -0.05) is 91.0 Å². The van der Waals surface area contributed by atoms with Crippen LogP contribution >= 0.6 is 0 Å². The molecule has 0 bridgehead atoms. The molecule has 0 radical (unpaired) electrons. The van der Waals surface area contributed by atoms with Crippen LogP contribution in [-0.4, -0.2) is 46.1 Å². The number of methoxy groups -OCH3 is 1. The first-order valence-corrected chi connectivity index (χ1v) is 21.0. The van der Waals surface area contributed by atoms with Crippen LogP contribution in [0.2, 0.25) is 0 Å². The number of benzene rings is 6. The van der Waals surface area contributed by atoms with Gasteiger partial charge in [-0.3, -0.25) is 9.44 Å². The number of carboxylic acids is 2. The first-order valence-electron chi connectivity index (χ1n) is 17.8. The van der Waals surface area contributed by atoms with Gasteiger partial charge in [-0.2, -0.15) is 0 Å². The molecule has 0 heterocycles. The van der Waals surface area contributed by atoms with Crippen LogP contribution in [0.5, 0.6) is 5.75 Å². The van der Waals surface area contributed by atoms with Crippen molar-refractivity contribution in [3.8, 4) is 5.75 Å². The summed E-state index contributed by atoms with van der Waals surface area (Å²) in [5.41, 5.74) is 6.01. The average molecular weight is 807 g/mol. The lowest BCUT2D eigenvalue weighted by atomic mass is 10.0. The molecule has 6 aromatic rings. The van der Waals surface area contributed by atoms with E-state index in [1.54, 1.807) is 97.1 Å². The fourth-order valence-electron chi connectivity index (χ4n) is 5.82. The zero-order valence-corrected chi connectivity index (χ0v) is 32.7. The number of aryl methyl sites for hydroxylation is 4. The van der Waals surface area contributed by atoms with Gasteiger partial charge < -0.3 is 14.9 Å². The highest BCUT2D eigenvalue weighted by atomic mass is 32.2. The zero-order valence-electron chi connectivity index (χ0n) is 31.0. The van der Waals surface area contributed by atoms with E-state index in [0.29, 0.717) is 42.8 Å². The number of sulfonamides is 2. The lowest BCUT2D eigenvalue weighted by Gasteiger charge is -2.13. The predicted octanol–water partition coefficient (Wildman–Crippen LogP) is 8.09. The van der Waals surface area contributed by atoms with Gasteiger partial charge in [-0.15, -0.1) is 0 Å². The van der Waals surface area contributed by atoms with Crippen LogP contribution in [-0.2, 0) is 51.5 Å². The van der Waals surface area contributed by atoms with Crippen LogP contribution in [0.1, 0.15) is 48.5 Å². The maximum atomic E-state index is 12.7. The van der Waals surface area contributed by atoms with Crippen molar-refractivity contribution in [3.05, 3.63) is 191 Å². The van der Waals surface area contributed by atoms with Crippen molar-refractivity contribution in [2.45, 2.75) is 36.3 Å². The third-order valence-corrected chi connectivity index (χ3v) is 11.5. The second-order valence-corrected chi connectivity index (χ2v) is 16.4. The summed E-state index contributed by atoms with van der Waals surface area (Å²) in [7, 11) is -5.73. The molecule has 0 saturated carbocycles. The van der Waals surface area contributed by atoms with Crippen LogP contribution in [0.4, 0.5) is 11.4 Å². The van der Waals surface area contributed by atoms with Gasteiger partial charge in [-0.25, -0.2) is 26.4 Å². The fraction of sp³-hybridized carbons (Fsp3) is 0.136. The number of hydrogen-bond donors (Lipinski definition) is 4. The van der Waals surface area contributed by atoms with Gasteiger partial charge in [0.15, 0.2) is 0 Å². The SMILES string of the molecule is COc1ccc(S(=O)(=O)Nc2ccccc2CCc2ccc(C(=O)O)cc2)cc1.O=C(O)c1ccc(CCc2ccccc2NS(=O)(=O)Cc2ccccc2)cc1. The molecule has 0 saturated heterocycles. The van der Waals surface area contributed by atoms with E-state index < -0.39 is 32.0 Å². The summed E-state index contributed by atoms with van der Waals surface area (Å²) in [4.78, 5) is 22.0. The highest BCUT2D eigenvalue weighted by Crippen LogP contribution is 2.24. The Morgan fingerprint density at radius 1 is 0.509 bits per heavy atom. The van der Waals surface area contributed by atoms with Gasteiger partial charge in [0.25, 0.3) is 10.0 Å². The molecule has 0 aliphatic rings. The number of aromatic carboxylic acids is 2. The molecule has 0 spiro atoms. The van der Waals surface area contributed by atoms with E-state index in [4.69, 9.17) is 14.9 Å². The topological polar surface area (TPSA) is 176 Å². The average Bonchev–Trinajstić information content (AvgIpc) is 3.20.